The lowest BCUT2D eigenvalue weighted by molar-refractivity contribution is 0.771. The molecule has 0 amide bonds. The molecule has 0 aliphatic heterocycles. The number of nitrogens with zero attached hydrogens (tertiary/aromatic N) is 1. The van der Waals surface area contributed by atoms with E-state index in [-0.39, 0.29) is 6.04 Å². The highest BCUT2D eigenvalue weighted by atomic mass is 14.8. The zero-order chi connectivity index (χ0) is 9.14. The van der Waals surface area contributed by atoms with E-state index in [0.29, 0.717) is 0 Å². The van der Waals surface area contributed by atoms with Crippen LogP contribution in [-0.4, -0.2) is 4.98 Å². The Hall–Kier alpha value is -1.33. The third-order valence-electron chi connectivity index (χ3n) is 1.72. The summed E-state index contributed by atoms with van der Waals surface area (Å²) >= 11 is 0. The summed E-state index contributed by atoms with van der Waals surface area (Å²) in [5.74, 6) is 2.53. The van der Waals surface area contributed by atoms with Crippen molar-refractivity contribution in [1.82, 2.24) is 4.98 Å². The van der Waals surface area contributed by atoms with Crippen molar-refractivity contribution in [3.05, 3.63) is 29.1 Å². The largest absolute Gasteiger partial charge is 0.323 e. The molecule has 0 saturated carbocycles. The Bertz CT molecular complexity index is 321. The smallest absolute Gasteiger partial charge is 0.0598 e. The Morgan fingerprint density at radius 2 is 2.33 bits per heavy atom. The van der Waals surface area contributed by atoms with Crippen LogP contribution in [0.3, 0.4) is 0 Å². The Labute approximate surface area is 72.8 Å². The maximum atomic E-state index is 5.69. The van der Waals surface area contributed by atoms with Crippen molar-refractivity contribution in [2.45, 2.75) is 19.9 Å². The lowest BCUT2D eigenvalue weighted by Crippen LogP contribution is -2.09. The molecule has 0 radical (unpaired) electrons. The molecule has 0 unspecified atom stereocenters. The SMILES string of the molecule is C#Cc1cnc([C@H](C)N)c(C)c1. The predicted molar refractivity (Wildman–Crippen MR) is 49.5 cm³/mol. The van der Waals surface area contributed by atoms with Gasteiger partial charge in [-0.3, -0.25) is 4.98 Å². The van der Waals surface area contributed by atoms with Gasteiger partial charge in [0.1, 0.15) is 0 Å². The van der Waals surface area contributed by atoms with E-state index in [2.05, 4.69) is 10.9 Å². The molecule has 1 atom stereocenters. The molecule has 2 heteroatoms. The van der Waals surface area contributed by atoms with Crippen LogP contribution in [0.15, 0.2) is 12.3 Å². The van der Waals surface area contributed by atoms with Crippen molar-refractivity contribution >= 4 is 0 Å². The van der Waals surface area contributed by atoms with Crippen LogP contribution < -0.4 is 5.73 Å². The number of aromatic nitrogens is 1. The Morgan fingerprint density at radius 3 is 2.75 bits per heavy atom. The molecule has 1 rings (SSSR count). The summed E-state index contributed by atoms with van der Waals surface area (Å²) in [6, 6.07) is 1.89. The van der Waals surface area contributed by atoms with Gasteiger partial charge in [-0.05, 0) is 25.5 Å². The summed E-state index contributed by atoms with van der Waals surface area (Å²) in [5, 5.41) is 0. The van der Waals surface area contributed by atoms with Crippen molar-refractivity contribution in [3.63, 3.8) is 0 Å². The first-order chi connectivity index (χ1) is 5.65. The van der Waals surface area contributed by atoms with Gasteiger partial charge in [-0.25, -0.2) is 0 Å². The fraction of sp³-hybridized carbons (Fsp3) is 0.300. The van der Waals surface area contributed by atoms with Crippen LogP contribution >= 0.6 is 0 Å². The normalized spacial score (nSPS) is 12.2. The molecule has 0 aliphatic rings. The predicted octanol–water partition coefficient (Wildman–Crippen LogP) is 1.39. The fourth-order valence-electron chi connectivity index (χ4n) is 1.14. The summed E-state index contributed by atoms with van der Waals surface area (Å²) in [6.45, 7) is 3.87. The fourth-order valence-corrected chi connectivity index (χ4v) is 1.14. The second-order valence-electron chi connectivity index (χ2n) is 2.86. The molecule has 1 aromatic rings. The van der Waals surface area contributed by atoms with E-state index in [4.69, 9.17) is 12.2 Å². The van der Waals surface area contributed by atoms with Gasteiger partial charge in [0.2, 0.25) is 0 Å². The van der Waals surface area contributed by atoms with Crippen LogP contribution in [0.4, 0.5) is 0 Å². The monoisotopic (exact) mass is 160 g/mol. The average Bonchev–Trinajstić information content (AvgIpc) is 2.03. The molecule has 1 aromatic heterocycles. The molecule has 0 aliphatic carbocycles. The standard InChI is InChI=1S/C10H12N2/c1-4-9-5-7(2)10(8(3)11)12-6-9/h1,5-6,8H,11H2,2-3H3/t8-/m0/s1. The van der Waals surface area contributed by atoms with Crippen LogP contribution in [0.25, 0.3) is 0 Å². The maximum Gasteiger partial charge on any atom is 0.0598 e. The second-order valence-corrected chi connectivity index (χ2v) is 2.86. The highest BCUT2D eigenvalue weighted by molar-refractivity contribution is 5.35. The molecule has 0 fully saturated rings. The van der Waals surface area contributed by atoms with Gasteiger partial charge in [0.05, 0.1) is 5.69 Å². The third kappa shape index (κ3) is 1.63. The van der Waals surface area contributed by atoms with Gasteiger partial charge in [-0.2, -0.15) is 0 Å². The Kier molecular flexibility index (Phi) is 2.47. The molecular formula is C10H12N2. The van der Waals surface area contributed by atoms with Crippen LogP contribution in [0.2, 0.25) is 0 Å². The number of hydrogen-bond donors (Lipinski definition) is 1. The summed E-state index contributed by atoms with van der Waals surface area (Å²) in [4.78, 5) is 4.18. The van der Waals surface area contributed by atoms with Crippen molar-refractivity contribution in [3.8, 4) is 12.3 Å². The van der Waals surface area contributed by atoms with Gasteiger partial charge in [0, 0.05) is 17.8 Å². The summed E-state index contributed by atoms with van der Waals surface area (Å²) in [7, 11) is 0. The highest BCUT2D eigenvalue weighted by Crippen LogP contribution is 2.12. The molecule has 2 N–H and O–H groups in total. The van der Waals surface area contributed by atoms with E-state index >= 15 is 0 Å². The van der Waals surface area contributed by atoms with Crippen molar-refractivity contribution in [1.29, 1.82) is 0 Å². The highest BCUT2D eigenvalue weighted by Gasteiger charge is 2.04. The quantitative estimate of drug-likeness (QED) is 0.630. The third-order valence-corrected chi connectivity index (χ3v) is 1.72. The Balaban J connectivity index is 3.14. The van der Waals surface area contributed by atoms with Gasteiger partial charge in [-0.15, -0.1) is 6.42 Å². The van der Waals surface area contributed by atoms with E-state index in [1.807, 2.05) is 19.9 Å². The van der Waals surface area contributed by atoms with Crippen molar-refractivity contribution in [2.75, 3.05) is 0 Å². The van der Waals surface area contributed by atoms with Crippen LogP contribution in [0.5, 0.6) is 0 Å². The van der Waals surface area contributed by atoms with Crippen LogP contribution in [0.1, 0.15) is 29.8 Å². The number of aryl methyl sites for hydroxylation is 1. The summed E-state index contributed by atoms with van der Waals surface area (Å²) < 4.78 is 0. The van der Waals surface area contributed by atoms with E-state index < -0.39 is 0 Å². The zero-order valence-electron chi connectivity index (χ0n) is 7.33. The van der Waals surface area contributed by atoms with E-state index in [1.54, 1.807) is 6.20 Å². The molecule has 0 spiro atoms. The average molecular weight is 160 g/mol. The number of rotatable bonds is 1. The second kappa shape index (κ2) is 3.38. The molecule has 0 aromatic carbocycles. The van der Waals surface area contributed by atoms with Gasteiger partial charge < -0.3 is 5.73 Å². The lowest BCUT2D eigenvalue weighted by Gasteiger charge is -2.07. The summed E-state index contributed by atoms with van der Waals surface area (Å²) in [6.07, 6.45) is 6.90. The van der Waals surface area contributed by atoms with Gasteiger partial charge >= 0.3 is 0 Å². The molecular weight excluding hydrogens is 148 g/mol. The van der Waals surface area contributed by atoms with E-state index in [1.165, 1.54) is 0 Å². The number of pyridine rings is 1. The van der Waals surface area contributed by atoms with Crippen LogP contribution in [0, 0.1) is 19.3 Å². The minimum atomic E-state index is -0.0307. The molecule has 0 bridgehead atoms. The number of terminal acetylenes is 1. The van der Waals surface area contributed by atoms with E-state index in [9.17, 15) is 0 Å². The minimum Gasteiger partial charge on any atom is -0.323 e. The number of nitrogens with two attached hydrogens (primary N) is 1. The molecule has 62 valence electrons. The zero-order valence-corrected chi connectivity index (χ0v) is 7.33. The topological polar surface area (TPSA) is 38.9 Å². The maximum absolute atomic E-state index is 5.69. The first-order valence-corrected chi connectivity index (χ1v) is 3.84. The first-order valence-electron chi connectivity index (χ1n) is 3.84. The molecule has 0 saturated heterocycles. The Morgan fingerprint density at radius 1 is 1.67 bits per heavy atom. The number of hydrogen-bond acceptors (Lipinski definition) is 2. The van der Waals surface area contributed by atoms with Gasteiger partial charge in [0.15, 0.2) is 0 Å². The van der Waals surface area contributed by atoms with Crippen molar-refractivity contribution < 1.29 is 0 Å². The van der Waals surface area contributed by atoms with E-state index in [0.717, 1.165) is 16.8 Å². The first kappa shape index (κ1) is 8.76. The molecule has 12 heavy (non-hydrogen) atoms. The van der Waals surface area contributed by atoms with Crippen molar-refractivity contribution in [2.24, 2.45) is 5.73 Å². The minimum absolute atomic E-state index is 0.0307. The van der Waals surface area contributed by atoms with Gasteiger partial charge in [-0.1, -0.05) is 5.92 Å². The lowest BCUT2D eigenvalue weighted by atomic mass is 10.1. The summed E-state index contributed by atoms with van der Waals surface area (Å²) in [5.41, 5.74) is 8.46. The van der Waals surface area contributed by atoms with Crippen LogP contribution in [-0.2, 0) is 0 Å². The molecule has 1 heterocycles. The molecule has 2 nitrogen and oxygen atoms in total. The van der Waals surface area contributed by atoms with Gasteiger partial charge in [0.25, 0.3) is 0 Å².